The van der Waals surface area contributed by atoms with Gasteiger partial charge in [0.25, 0.3) is 11.8 Å². The first kappa shape index (κ1) is 26.0. The molecule has 36 heavy (non-hydrogen) atoms. The molecule has 0 spiro atoms. The number of hydrogen-bond acceptors (Lipinski definition) is 8. The number of methoxy groups -OCH3 is 3. The summed E-state index contributed by atoms with van der Waals surface area (Å²) in [5.74, 6) is 0.112. The molecule has 0 saturated heterocycles. The highest BCUT2D eigenvalue weighted by Crippen LogP contribution is 2.39. The number of nitrogens with one attached hydrogen (secondary N) is 2. The Morgan fingerprint density at radius 3 is 2.36 bits per heavy atom. The predicted molar refractivity (Wildman–Crippen MR) is 130 cm³/mol. The van der Waals surface area contributed by atoms with E-state index >= 15 is 0 Å². The first-order chi connectivity index (χ1) is 17.4. The van der Waals surface area contributed by atoms with Crippen molar-refractivity contribution in [2.75, 3.05) is 27.9 Å². The van der Waals surface area contributed by atoms with E-state index in [4.69, 9.17) is 14.2 Å². The second-order valence-electron chi connectivity index (χ2n) is 7.64. The number of carbonyl (C=O) groups is 2. The third-order valence-corrected chi connectivity index (χ3v) is 5.47. The average molecular weight is 493 g/mol. The summed E-state index contributed by atoms with van der Waals surface area (Å²) in [6.45, 7) is 2.52. The molecule has 1 aromatic heterocycles. The Kier molecular flexibility index (Phi) is 8.83. The van der Waals surface area contributed by atoms with Crippen LogP contribution in [0.3, 0.4) is 0 Å². The highest BCUT2D eigenvalue weighted by atomic mass is 16.5. The number of hydrogen-bond donors (Lipinski definition) is 2. The minimum atomic E-state index is -0.815. The summed E-state index contributed by atoms with van der Waals surface area (Å²) in [5.41, 5.74) is 2.17. The largest absolute Gasteiger partial charge is 0.493 e. The van der Waals surface area contributed by atoms with Crippen molar-refractivity contribution in [1.82, 2.24) is 25.6 Å². The van der Waals surface area contributed by atoms with Crippen LogP contribution in [-0.4, -0.2) is 54.7 Å². The van der Waals surface area contributed by atoms with Crippen molar-refractivity contribution in [2.24, 2.45) is 0 Å². The summed E-state index contributed by atoms with van der Waals surface area (Å²) >= 11 is 0. The van der Waals surface area contributed by atoms with Gasteiger partial charge in [-0.15, -0.1) is 5.10 Å². The second-order valence-corrected chi connectivity index (χ2v) is 7.64. The molecule has 0 saturated carbocycles. The van der Waals surface area contributed by atoms with Crippen molar-refractivity contribution in [1.29, 1.82) is 5.26 Å². The van der Waals surface area contributed by atoms with Crippen LogP contribution in [0.1, 0.15) is 44.9 Å². The molecule has 0 bridgehead atoms. The number of carbonyl (C=O) groups excluding carboxylic acids is 2. The third-order valence-electron chi connectivity index (χ3n) is 5.47. The van der Waals surface area contributed by atoms with Crippen molar-refractivity contribution >= 4 is 11.8 Å². The van der Waals surface area contributed by atoms with Gasteiger partial charge in [0.1, 0.15) is 6.04 Å². The maximum atomic E-state index is 12.7. The van der Waals surface area contributed by atoms with E-state index in [-0.39, 0.29) is 36.0 Å². The molecule has 11 heteroatoms. The normalized spacial score (nSPS) is 11.2. The zero-order valence-corrected chi connectivity index (χ0v) is 20.6. The molecule has 0 aliphatic rings. The van der Waals surface area contributed by atoms with E-state index in [1.54, 1.807) is 12.1 Å². The molecule has 188 valence electrons. The Labute approximate surface area is 209 Å². The molecule has 1 unspecified atom stereocenters. The van der Waals surface area contributed by atoms with Crippen LogP contribution in [0.15, 0.2) is 42.6 Å². The molecular weight excluding hydrogens is 464 g/mol. The summed E-state index contributed by atoms with van der Waals surface area (Å²) in [6.07, 6.45) is 2.34. The zero-order valence-electron chi connectivity index (χ0n) is 20.6. The molecular formula is C25H28N6O5. The molecule has 2 aromatic carbocycles. The summed E-state index contributed by atoms with van der Waals surface area (Å²) in [7, 11) is 4.39. The highest BCUT2D eigenvalue weighted by Gasteiger charge is 2.21. The Hall–Kier alpha value is -4.59. The van der Waals surface area contributed by atoms with Gasteiger partial charge in [-0.05, 0) is 29.7 Å². The number of benzene rings is 2. The second kappa shape index (κ2) is 12.2. The molecule has 2 amide bonds. The lowest BCUT2D eigenvalue weighted by Crippen LogP contribution is -2.28. The first-order valence-electron chi connectivity index (χ1n) is 11.2. The minimum absolute atomic E-state index is 0.0633. The van der Waals surface area contributed by atoms with E-state index in [2.05, 4.69) is 27.0 Å². The number of nitriles is 1. The van der Waals surface area contributed by atoms with Crippen LogP contribution in [0.25, 0.3) is 0 Å². The quantitative estimate of drug-likeness (QED) is 0.415. The summed E-state index contributed by atoms with van der Waals surface area (Å²) in [4.78, 5) is 25.3. The SMILES string of the molecule is CCc1ccc(C(C#N)NC(=O)c2cn(CCNC(=O)c3ccc(OC)c(OC)c3OC)nn2)cc1. The molecule has 1 heterocycles. The third kappa shape index (κ3) is 5.90. The van der Waals surface area contributed by atoms with Gasteiger partial charge in [0.15, 0.2) is 17.2 Å². The standard InChI is InChI=1S/C25H28N6O5/c1-5-16-6-8-17(9-7-16)19(14-26)28-25(33)20-15-31(30-29-20)13-12-27-24(32)18-10-11-21(34-2)23(36-4)22(18)35-3/h6-11,15,19H,5,12-13H2,1-4H3,(H,27,32)(H,28,33). The van der Waals surface area contributed by atoms with Crippen LogP contribution in [0.5, 0.6) is 17.2 Å². The van der Waals surface area contributed by atoms with Gasteiger partial charge in [0, 0.05) is 6.54 Å². The monoisotopic (exact) mass is 492 g/mol. The van der Waals surface area contributed by atoms with E-state index in [9.17, 15) is 14.9 Å². The van der Waals surface area contributed by atoms with Gasteiger partial charge in [-0.1, -0.05) is 36.4 Å². The number of ether oxygens (including phenoxy) is 3. The van der Waals surface area contributed by atoms with Crippen LogP contribution in [0.2, 0.25) is 0 Å². The highest BCUT2D eigenvalue weighted by molar-refractivity contribution is 5.98. The maximum absolute atomic E-state index is 12.7. The summed E-state index contributed by atoms with van der Waals surface area (Å²) < 4.78 is 17.3. The van der Waals surface area contributed by atoms with Crippen LogP contribution >= 0.6 is 0 Å². The fourth-order valence-corrected chi connectivity index (χ4v) is 3.51. The van der Waals surface area contributed by atoms with E-state index in [1.807, 2.05) is 31.2 Å². The smallest absolute Gasteiger partial charge is 0.274 e. The number of amides is 2. The summed E-state index contributed by atoms with van der Waals surface area (Å²) in [6, 6.07) is 12.0. The fraction of sp³-hybridized carbons (Fsp3) is 0.320. The zero-order chi connectivity index (χ0) is 26.1. The maximum Gasteiger partial charge on any atom is 0.274 e. The molecule has 0 radical (unpaired) electrons. The van der Waals surface area contributed by atoms with Crippen molar-refractivity contribution in [3.8, 4) is 23.3 Å². The Morgan fingerprint density at radius 1 is 1.03 bits per heavy atom. The van der Waals surface area contributed by atoms with Gasteiger partial charge in [0.2, 0.25) is 5.75 Å². The number of rotatable bonds is 11. The van der Waals surface area contributed by atoms with Gasteiger partial charge in [-0.3, -0.25) is 9.59 Å². The number of nitrogens with zero attached hydrogens (tertiary/aromatic N) is 4. The van der Waals surface area contributed by atoms with Crippen LogP contribution < -0.4 is 24.8 Å². The number of aryl methyl sites for hydroxylation is 1. The molecule has 2 N–H and O–H groups in total. The van der Waals surface area contributed by atoms with Gasteiger partial charge >= 0.3 is 0 Å². The first-order valence-corrected chi connectivity index (χ1v) is 11.2. The van der Waals surface area contributed by atoms with Crippen molar-refractivity contribution in [2.45, 2.75) is 25.9 Å². The Bertz CT molecular complexity index is 1250. The Morgan fingerprint density at radius 2 is 1.75 bits per heavy atom. The lowest BCUT2D eigenvalue weighted by atomic mass is 10.0. The van der Waals surface area contributed by atoms with Gasteiger partial charge in [0.05, 0.1) is 45.7 Å². The van der Waals surface area contributed by atoms with E-state index < -0.39 is 11.9 Å². The van der Waals surface area contributed by atoms with E-state index in [0.717, 1.165) is 12.0 Å². The molecule has 0 aliphatic heterocycles. The molecule has 11 nitrogen and oxygen atoms in total. The molecule has 0 aliphatic carbocycles. The van der Waals surface area contributed by atoms with Crippen LogP contribution in [-0.2, 0) is 13.0 Å². The fourth-order valence-electron chi connectivity index (χ4n) is 3.51. The lowest BCUT2D eigenvalue weighted by Gasteiger charge is -2.15. The predicted octanol–water partition coefficient (Wildman–Crippen LogP) is 2.29. The molecule has 3 aromatic rings. The van der Waals surface area contributed by atoms with Crippen molar-refractivity contribution in [3.05, 3.63) is 65.0 Å². The van der Waals surface area contributed by atoms with Crippen molar-refractivity contribution < 1.29 is 23.8 Å². The van der Waals surface area contributed by atoms with Gasteiger partial charge in [-0.25, -0.2) is 4.68 Å². The topological polar surface area (TPSA) is 140 Å². The molecule has 1 atom stereocenters. The van der Waals surface area contributed by atoms with Crippen molar-refractivity contribution in [3.63, 3.8) is 0 Å². The van der Waals surface area contributed by atoms with Crippen LogP contribution in [0.4, 0.5) is 0 Å². The van der Waals surface area contributed by atoms with Gasteiger partial charge in [-0.2, -0.15) is 5.26 Å². The molecule has 0 fully saturated rings. The molecule has 3 rings (SSSR count). The lowest BCUT2D eigenvalue weighted by molar-refractivity contribution is 0.0934. The van der Waals surface area contributed by atoms with E-state index in [1.165, 1.54) is 32.2 Å². The number of aromatic nitrogens is 3. The minimum Gasteiger partial charge on any atom is -0.493 e. The van der Waals surface area contributed by atoms with E-state index in [0.29, 0.717) is 17.1 Å². The average Bonchev–Trinajstić information content (AvgIpc) is 3.39. The Balaban J connectivity index is 1.58. The van der Waals surface area contributed by atoms with Crippen LogP contribution in [0, 0.1) is 11.3 Å². The summed E-state index contributed by atoms with van der Waals surface area (Å²) in [5, 5.41) is 22.7. The van der Waals surface area contributed by atoms with Gasteiger partial charge < -0.3 is 24.8 Å².